The van der Waals surface area contributed by atoms with Gasteiger partial charge in [-0.1, -0.05) is 18.7 Å². The van der Waals surface area contributed by atoms with Gasteiger partial charge in [0.05, 0.1) is 12.2 Å². The number of ether oxygens (including phenoxy) is 1. The van der Waals surface area contributed by atoms with Gasteiger partial charge in [-0.25, -0.2) is 4.79 Å². The zero-order valence-corrected chi connectivity index (χ0v) is 6.54. The summed E-state index contributed by atoms with van der Waals surface area (Å²) in [5, 5.41) is 8.60. The van der Waals surface area contributed by atoms with E-state index in [0.29, 0.717) is 0 Å². The molecule has 0 saturated heterocycles. The summed E-state index contributed by atoms with van der Waals surface area (Å²) in [6, 6.07) is 0. The molecule has 0 radical (unpaired) electrons. The zero-order valence-electron chi connectivity index (χ0n) is 6.54. The molecule has 0 aromatic rings. The Bertz CT molecular complexity index is 170. The van der Waals surface area contributed by atoms with Crippen molar-refractivity contribution in [3.63, 3.8) is 0 Å². The Morgan fingerprint density at radius 2 is 2.36 bits per heavy atom. The van der Waals surface area contributed by atoms with Gasteiger partial charge in [0.2, 0.25) is 0 Å². The van der Waals surface area contributed by atoms with Gasteiger partial charge in [0, 0.05) is 0 Å². The first-order valence-electron chi connectivity index (χ1n) is 3.30. The minimum absolute atomic E-state index is 0.177. The Kier molecular flexibility index (Phi) is 5.11. The Morgan fingerprint density at radius 1 is 1.73 bits per heavy atom. The van der Waals surface area contributed by atoms with Crippen LogP contribution in [-0.2, 0) is 9.53 Å². The van der Waals surface area contributed by atoms with Crippen LogP contribution in [0.25, 0.3) is 0 Å². The lowest BCUT2D eigenvalue weighted by molar-refractivity contribution is -0.138. The van der Waals surface area contributed by atoms with Crippen LogP contribution in [0.4, 0.5) is 0 Å². The largest absolute Gasteiger partial charge is 0.458 e. The topological polar surface area (TPSA) is 46.5 Å². The average molecular weight is 156 g/mol. The highest BCUT2D eigenvalue weighted by Crippen LogP contribution is 1.95. The highest BCUT2D eigenvalue weighted by molar-refractivity contribution is 5.88. The van der Waals surface area contributed by atoms with E-state index in [2.05, 4.69) is 11.3 Å². The summed E-state index contributed by atoms with van der Waals surface area (Å²) in [6.45, 7) is 4.94. The highest BCUT2D eigenvalue weighted by Gasteiger charge is 2.06. The summed E-state index contributed by atoms with van der Waals surface area (Å²) in [7, 11) is 0. The number of hydrogen-bond acceptors (Lipinski definition) is 3. The van der Waals surface area contributed by atoms with Crippen molar-refractivity contribution in [3.8, 4) is 0 Å². The third-order valence-electron chi connectivity index (χ3n) is 1.11. The molecule has 0 fully saturated rings. The monoisotopic (exact) mass is 156 g/mol. The van der Waals surface area contributed by atoms with Gasteiger partial charge in [-0.3, -0.25) is 0 Å². The van der Waals surface area contributed by atoms with Crippen LogP contribution in [0.15, 0.2) is 24.3 Å². The lowest BCUT2D eigenvalue weighted by Gasteiger charge is -2.01. The summed E-state index contributed by atoms with van der Waals surface area (Å²) in [5.74, 6) is -0.491. The van der Waals surface area contributed by atoms with Crippen LogP contribution in [0.1, 0.15) is 6.92 Å². The lowest BCUT2D eigenvalue weighted by atomic mass is 10.3. The molecule has 3 heteroatoms. The lowest BCUT2D eigenvalue weighted by Crippen LogP contribution is -2.10. The van der Waals surface area contributed by atoms with Crippen molar-refractivity contribution in [3.05, 3.63) is 24.3 Å². The summed E-state index contributed by atoms with van der Waals surface area (Å²) < 4.78 is 4.65. The summed E-state index contributed by atoms with van der Waals surface area (Å²) >= 11 is 0. The number of carbonyl (C=O) groups is 1. The maximum Gasteiger partial charge on any atom is 0.336 e. The Labute approximate surface area is 66.0 Å². The SMILES string of the molecule is C=CCOC(=O)C(=CC)CO. The van der Waals surface area contributed by atoms with Gasteiger partial charge < -0.3 is 9.84 Å². The maximum atomic E-state index is 10.9. The molecule has 0 aliphatic carbocycles. The molecule has 0 spiro atoms. The number of allylic oxidation sites excluding steroid dienone is 1. The number of aliphatic hydroxyl groups excluding tert-OH is 1. The van der Waals surface area contributed by atoms with E-state index in [1.807, 2.05) is 0 Å². The van der Waals surface area contributed by atoms with Crippen molar-refractivity contribution in [1.29, 1.82) is 0 Å². The second kappa shape index (κ2) is 5.68. The minimum atomic E-state index is -0.491. The molecule has 0 heterocycles. The number of esters is 1. The van der Waals surface area contributed by atoms with Crippen LogP contribution in [-0.4, -0.2) is 24.3 Å². The molecule has 0 saturated carbocycles. The molecule has 3 nitrogen and oxygen atoms in total. The van der Waals surface area contributed by atoms with Crippen LogP contribution in [0, 0.1) is 0 Å². The molecule has 62 valence electrons. The first-order valence-corrected chi connectivity index (χ1v) is 3.30. The molecular formula is C8H12O3. The predicted molar refractivity (Wildman–Crippen MR) is 42.0 cm³/mol. The fraction of sp³-hybridized carbons (Fsp3) is 0.375. The van der Waals surface area contributed by atoms with Gasteiger partial charge >= 0.3 is 5.97 Å². The van der Waals surface area contributed by atoms with E-state index in [-0.39, 0.29) is 18.8 Å². The Balaban J connectivity index is 3.90. The first kappa shape index (κ1) is 9.91. The van der Waals surface area contributed by atoms with Crippen molar-refractivity contribution in [1.82, 2.24) is 0 Å². The second-order valence-corrected chi connectivity index (χ2v) is 1.86. The van der Waals surface area contributed by atoms with E-state index in [0.717, 1.165) is 0 Å². The van der Waals surface area contributed by atoms with Crippen LogP contribution in [0.5, 0.6) is 0 Å². The molecule has 0 aromatic heterocycles. The molecular weight excluding hydrogens is 144 g/mol. The van der Waals surface area contributed by atoms with E-state index >= 15 is 0 Å². The Morgan fingerprint density at radius 3 is 2.73 bits per heavy atom. The van der Waals surface area contributed by atoms with E-state index < -0.39 is 5.97 Å². The van der Waals surface area contributed by atoms with Gasteiger partial charge in [0.1, 0.15) is 6.61 Å². The molecule has 0 rings (SSSR count). The smallest absolute Gasteiger partial charge is 0.336 e. The van der Waals surface area contributed by atoms with Gasteiger partial charge in [-0.15, -0.1) is 0 Å². The van der Waals surface area contributed by atoms with Gasteiger partial charge in [-0.2, -0.15) is 0 Å². The van der Waals surface area contributed by atoms with Gasteiger partial charge in [-0.05, 0) is 6.92 Å². The molecule has 1 N–H and O–H groups in total. The van der Waals surface area contributed by atoms with E-state index in [4.69, 9.17) is 5.11 Å². The molecule has 0 atom stereocenters. The van der Waals surface area contributed by atoms with E-state index in [1.54, 1.807) is 6.92 Å². The van der Waals surface area contributed by atoms with Crippen molar-refractivity contribution >= 4 is 5.97 Å². The number of aliphatic hydroxyl groups is 1. The quantitative estimate of drug-likeness (QED) is 0.369. The normalized spacial score (nSPS) is 10.9. The summed E-state index contributed by atoms with van der Waals surface area (Å²) in [6.07, 6.45) is 2.99. The second-order valence-electron chi connectivity index (χ2n) is 1.86. The van der Waals surface area contributed by atoms with Crippen LogP contribution in [0.2, 0.25) is 0 Å². The number of rotatable bonds is 4. The van der Waals surface area contributed by atoms with E-state index in [9.17, 15) is 4.79 Å². The minimum Gasteiger partial charge on any atom is -0.458 e. The fourth-order valence-corrected chi connectivity index (χ4v) is 0.501. The first-order chi connectivity index (χ1) is 5.26. The highest BCUT2D eigenvalue weighted by atomic mass is 16.5. The third-order valence-corrected chi connectivity index (χ3v) is 1.11. The fourth-order valence-electron chi connectivity index (χ4n) is 0.501. The maximum absolute atomic E-state index is 10.9. The molecule has 0 unspecified atom stereocenters. The number of carbonyl (C=O) groups excluding carboxylic acids is 1. The van der Waals surface area contributed by atoms with Crippen molar-refractivity contribution < 1.29 is 14.6 Å². The zero-order chi connectivity index (χ0) is 8.69. The van der Waals surface area contributed by atoms with Crippen molar-refractivity contribution in [2.24, 2.45) is 0 Å². The van der Waals surface area contributed by atoms with Gasteiger partial charge in [0.15, 0.2) is 0 Å². The molecule has 0 amide bonds. The van der Waals surface area contributed by atoms with Crippen molar-refractivity contribution in [2.45, 2.75) is 6.92 Å². The van der Waals surface area contributed by atoms with Gasteiger partial charge in [0.25, 0.3) is 0 Å². The predicted octanol–water partition coefficient (Wildman–Crippen LogP) is 0.654. The molecule has 0 aromatic carbocycles. The molecule has 0 aliphatic heterocycles. The third kappa shape index (κ3) is 3.57. The number of hydrogen-bond donors (Lipinski definition) is 1. The molecule has 0 bridgehead atoms. The standard InChI is InChI=1S/C8H12O3/c1-3-5-11-8(10)7(4-2)6-9/h3-4,9H,1,5-6H2,2H3. The molecule has 0 aliphatic rings. The average Bonchev–Trinajstić information content (AvgIpc) is 2.03. The van der Waals surface area contributed by atoms with Crippen LogP contribution < -0.4 is 0 Å². The summed E-state index contributed by atoms with van der Waals surface area (Å²) in [4.78, 5) is 10.9. The van der Waals surface area contributed by atoms with E-state index in [1.165, 1.54) is 12.2 Å². The van der Waals surface area contributed by atoms with Crippen LogP contribution >= 0.6 is 0 Å². The Hall–Kier alpha value is -1.09. The van der Waals surface area contributed by atoms with Crippen LogP contribution in [0.3, 0.4) is 0 Å². The van der Waals surface area contributed by atoms with Crippen molar-refractivity contribution in [2.75, 3.05) is 13.2 Å². The molecule has 11 heavy (non-hydrogen) atoms. The summed E-state index contributed by atoms with van der Waals surface area (Å²) in [5.41, 5.74) is 0.270.